The highest BCUT2D eigenvalue weighted by atomic mass is 32.1. The van der Waals surface area contributed by atoms with E-state index in [1.54, 1.807) is 82.2 Å². The van der Waals surface area contributed by atoms with E-state index in [4.69, 9.17) is 8.83 Å². The van der Waals surface area contributed by atoms with Crippen LogP contribution in [0, 0.1) is 125 Å². The summed E-state index contributed by atoms with van der Waals surface area (Å²) in [7, 11) is 1.78. The number of H-pyrrole nitrogens is 2. The Morgan fingerprint density at radius 3 is 0.863 bits per heavy atom. The molecule has 25 nitrogen and oxygen atoms in total. The number of thiazole rings is 2. The first kappa shape index (κ1) is 76.7. The van der Waals surface area contributed by atoms with Gasteiger partial charge in [0.1, 0.15) is 33.2 Å². The van der Waals surface area contributed by atoms with E-state index >= 15 is 0 Å². The van der Waals surface area contributed by atoms with E-state index in [0.717, 1.165) is 67.3 Å². The molecule has 0 atom stereocenters. The Kier molecular flexibility index (Phi) is 46.6. The Morgan fingerprint density at radius 1 is 0.438 bits per heavy atom. The topological polar surface area (TPSA) is 321 Å². The maximum Gasteiger partial charge on any atom is 0.223 e. The number of rotatable bonds is 0. The lowest BCUT2D eigenvalue weighted by Gasteiger charge is -1.77. The van der Waals surface area contributed by atoms with E-state index in [2.05, 4.69) is 123 Å². The molecular formula is C51H85N21O4S4. The van der Waals surface area contributed by atoms with E-state index in [1.807, 2.05) is 136 Å². The van der Waals surface area contributed by atoms with E-state index in [-0.39, 0.29) is 0 Å². The van der Waals surface area contributed by atoms with Crippen molar-refractivity contribution >= 4 is 45.7 Å². The average Bonchev–Trinajstić information content (AvgIpc) is 4.25. The Bertz CT molecular complexity index is 2490. The SMILES string of the molecule is CC.CC.CC.Cc1cn[nH]n1.Cc1cn[nH]n1.Cc1ncoc1C.Cc1ncoc1C.Cc1ncsc1C.Cc1ncsc1C.Cc1noc(C)n1.Cc1noc(C)n1.Cc1nsc(C)n1.Cc1nsc(C)n1.Cn1nccn1. The first-order chi connectivity index (χ1) is 38.1. The van der Waals surface area contributed by atoms with Crippen molar-refractivity contribution in [2.24, 2.45) is 7.05 Å². The third-order valence-electron chi connectivity index (χ3n) is 8.06. The Labute approximate surface area is 488 Å². The highest BCUT2D eigenvalue weighted by Crippen LogP contribution is 2.09. The van der Waals surface area contributed by atoms with Crippen molar-refractivity contribution in [1.29, 1.82) is 0 Å². The van der Waals surface area contributed by atoms with Gasteiger partial charge in [-0.2, -0.15) is 64.5 Å². The number of aromatic amines is 2. The number of hydrogen-bond donors (Lipinski definition) is 2. The molecule has 0 amide bonds. The minimum absolute atomic E-state index is 0.623. The number of oxazole rings is 2. The summed E-state index contributed by atoms with van der Waals surface area (Å²) < 4.78 is 26.8. The van der Waals surface area contributed by atoms with Crippen molar-refractivity contribution in [3.05, 3.63) is 149 Å². The molecule has 80 heavy (non-hydrogen) atoms. The summed E-state index contributed by atoms with van der Waals surface area (Å²) >= 11 is 6.27. The van der Waals surface area contributed by atoms with Gasteiger partial charge in [-0.15, -0.1) is 22.7 Å². The Hall–Kier alpha value is -7.50. The monoisotopic (exact) mass is 1180 g/mol. The van der Waals surface area contributed by atoms with Crippen molar-refractivity contribution in [2.75, 3.05) is 0 Å². The summed E-state index contributed by atoms with van der Waals surface area (Å²) in [6, 6.07) is 0. The predicted molar refractivity (Wildman–Crippen MR) is 319 cm³/mol. The number of hydrogen-bond acceptors (Lipinski definition) is 26. The molecule has 11 aromatic rings. The minimum Gasteiger partial charge on any atom is -0.449 e. The molecule has 0 aliphatic heterocycles. The van der Waals surface area contributed by atoms with Gasteiger partial charge in [0.25, 0.3) is 0 Å². The standard InChI is InChI=1S/2C5H7NO.2C5H7NS.2C4H6N2O.2C4H6N2S.3C3H5N3.3C2H6/c4*1-4-5(2)7-3-6-4;4*1-3-5-4(2)7-6-3;1-6-4-2-3-5-6;2*1-3-2-4-6-5-3;3*1-2/h4*3H,1-2H3;4*1-2H3;2-3H,1H3;2*2H,1H3,(H,4,5,6);3*1-2H3. The Balaban J connectivity index is -0.000000808. The van der Waals surface area contributed by atoms with Crippen molar-refractivity contribution in [3.63, 3.8) is 0 Å². The van der Waals surface area contributed by atoms with Crippen LogP contribution in [0.3, 0.4) is 0 Å². The molecule has 0 bridgehead atoms. The molecule has 2 N–H and O–H groups in total. The molecule has 29 heteroatoms. The molecule has 11 heterocycles. The number of aromatic nitrogens is 21. The Morgan fingerprint density at radius 2 is 0.787 bits per heavy atom. The van der Waals surface area contributed by atoms with Crippen molar-refractivity contribution in [3.8, 4) is 0 Å². The molecule has 0 fully saturated rings. The van der Waals surface area contributed by atoms with Crippen LogP contribution in [-0.4, -0.2) is 105 Å². The summed E-state index contributed by atoms with van der Waals surface area (Å²) in [5, 5.41) is 36.0. The van der Waals surface area contributed by atoms with E-state index in [9.17, 15) is 0 Å². The molecule has 0 saturated carbocycles. The molecule has 11 rings (SSSR count). The average molecular weight is 1180 g/mol. The van der Waals surface area contributed by atoms with Crippen LogP contribution in [0.25, 0.3) is 0 Å². The first-order valence-electron chi connectivity index (χ1n) is 25.0. The molecule has 0 aromatic carbocycles. The van der Waals surface area contributed by atoms with Crippen LogP contribution >= 0.6 is 45.7 Å². The fraction of sp³-hybridized carbons (Fsp3) is 0.490. The second kappa shape index (κ2) is 48.6. The normalized spacial score (nSPS) is 8.81. The minimum atomic E-state index is 0.623. The second-order valence-corrected chi connectivity index (χ2v) is 18.7. The zero-order valence-corrected chi connectivity index (χ0v) is 54.6. The maximum atomic E-state index is 4.85. The number of nitrogens with zero attached hydrogens (tertiary/aromatic N) is 19. The van der Waals surface area contributed by atoms with Gasteiger partial charge >= 0.3 is 0 Å². The largest absolute Gasteiger partial charge is 0.449 e. The van der Waals surface area contributed by atoms with Crippen LogP contribution in [0.2, 0.25) is 0 Å². The van der Waals surface area contributed by atoms with Crippen molar-refractivity contribution in [2.45, 2.75) is 166 Å². The number of aryl methyl sites for hydroxylation is 19. The highest BCUT2D eigenvalue weighted by Gasteiger charge is 1.94. The van der Waals surface area contributed by atoms with Crippen molar-refractivity contribution < 1.29 is 17.9 Å². The molecule has 0 unspecified atom stereocenters. The first-order valence-corrected chi connectivity index (χ1v) is 28.4. The van der Waals surface area contributed by atoms with Gasteiger partial charge in [0.2, 0.25) is 11.8 Å². The fourth-order valence-corrected chi connectivity index (χ4v) is 5.99. The van der Waals surface area contributed by atoms with Crippen LogP contribution in [-0.2, 0) is 7.05 Å². The smallest absolute Gasteiger partial charge is 0.223 e. The lowest BCUT2D eigenvalue weighted by molar-refractivity contribution is 0.389. The zero-order valence-electron chi connectivity index (χ0n) is 51.4. The zero-order chi connectivity index (χ0) is 61.4. The fourth-order valence-electron chi connectivity index (χ4n) is 3.85. The maximum absolute atomic E-state index is 4.85. The highest BCUT2D eigenvalue weighted by molar-refractivity contribution is 7.10. The molecule has 0 aliphatic rings. The van der Waals surface area contributed by atoms with Crippen LogP contribution in [0.4, 0.5) is 0 Å². The molecule has 0 spiro atoms. The van der Waals surface area contributed by atoms with Gasteiger partial charge in [0.05, 0.1) is 70.0 Å². The quantitative estimate of drug-likeness (QED) is 0.142. The summed E-state index contributed by atoms with van der Waals surface area (Å²) in [6.07, 6.45) is 9.51. The lowest BCUT2D eigenvalue weighted by atomic mass is 10.4. The van der Waals surface area contributed by atoms with Crippen LogP contribution in [0.1, 0.15) is 142 Å². The summed E-state index contributed by atoms with van der Waals surface area (Å²) in [6.45, 7) is 46.3. The molecule has 0 aliphatic carbocycles. The summed E-state index contributed by atoms with van der Waals surface area (Å²) in [5.74, 6) is 6.19. The van der Waals surface area contributed by atoms with E-state index in [0.29, 0.717) is 23.4 Å². The van der Waals surface area contributed by atoms with Gasteiger partial charge in [-0.05, 0) is 134 Å². The summed E-state index contributed by atoms with van der Waals surface area (Å²) in [5.41, 5.74) is 9.84. The van der Waals surface area contributed by atoms with Gasteiger partial charge in [0, 0.05) is 30.6 Å². The van der Waals surface area contributed by atoms with Gasteiger partial charge in [-0.3, -0.25) is 0 Å². The third kappa shape index (κ3) is 42.5. The summed E-state index contributed by atoms with van der Waals surface area (Å²) in [4.78, 5) is 35.6. The van der Waals surface area contributed by atoms with E-state index < -0.39 is 0 Å². The molecular weight excluding hydrogens is 1100 g/mol. The van der Waals surface area contributed by atoms with Gasteiger partial charge in [-0.1, -0.05) is 51.9 Å². The number of nitrogens with one attached hydrogen (secondary N) is 2. The predicted octanol–water partition coefficient (Wildman–Crippen LogP) is 12.9. The van der Waals surface area contributed by atoms with Gasteiger partial charge in [0.15, 0.2) is 24.4 Å². The second-order valence-electron chi connectivity index (χ2n) is 14.7. The molecule has 442 valence electrons. The third-order valence-corrected chi connectivity index (χ3v) is 11.2. The van der Waals surface area contributed by atoms with Crippen LogP contribution < -0.4 is 0 Å². The molecule has 0 radical (unpaired) electrons. The molecule has 11 aromatic heterocycles. The van der Waals surface area contributed by atoms with Crippen LogP contribution in [0.15, 0.2) is 66.5 Å². The van der Waals surface area contributed by atoms with Gasteiger partial charge in [-0.25, -0.2) is 29.9 Å². The van der Waals surface area contributed by atoms with Gasteiger partial charge < -0.3 is 17.9 Å². The van der Waals surface area contributed by atoms with Crippen LogP contribution in [0.5, 0.6) is 0 Å². The van der Waals surface area contributed by atoms with Crippen molar-refractivity contribution in [1.82, 2.24) is 105 Å². The molecule has 0 saturated heterocycles. The van der Waals surface area contributed by atoms with E-state index in [1.165, 1.54) is 50.4 Å². The lowest BCUT2D eigenvalue weighted by Crippen LogP contribution is -1.89.